The summed E-state index contributed by atoms with van der Waals surface area (Å²) in [5.74, 6) is 0. The molecule has 1 aliphatic rings. The zero-order valence-corrected chi connectivity index (χ0v) is 9.56. The van der Waals surface area contributed by atoms with E-state index < -0.39 is 0 Å². The van der Waals surface area contributed by atoms with Crippen LogP contribution >= 0.6 is 0 Å². The molecule has 0 bridgehead atoms. The normalized spacial score (nSPS) is 24.2. The highest BCUT2D eigenvalue weighted by atomic mass is 15.2. The van der Waals surface area contributed by atoms with Crippen molar-refractivity contribution in [2.24, 2.45) is 0 Å². The molecule has 2 heteroatoms. The van der Waals surface area contributed by atoms with Gasteiger partial charge in [0.1, 0.15) is 0 Å². The molecule has 0 aromatic rings. The van der Waals surface area contributed by atoms with Crippen molar-refractivity contribution in [1.29, 1.82) is 0 Å². The van der Waals surface area contributed by atoms with E-state index in [0.29, 0.717) is 5.54 Å². The van der Waals surface area contributed by atoms with Crippen molar-refractivity contribution in [2.45, 2.75) is 51.6 Å². The third kappa shape index (κ3) is 2.96. The van der Waals surface area contributed by atoms with Crippen molar-refractivity contribution in [3.05, 3.63) is 0 Å². The minimum Gasteiger partial charge on any atom is -0.313 e. The van der Waals surface area contributed by atoms with E-state index in [1.807, 2.05) is 0 Å². The third-order valence-electron chi connectivity index (χ3n) is 3.56. The summed E-state index contributed by atoms with van der Waals surface area (Å²) in [5, 5.41) is 3.54. The van der Waals surface area contributed by atoms with Gasteiger partial charge < -0.3 is 5.32 Å². The molecule has 2 nitrogen and oxygen atoms in total. The smallest absolute Gasteiger partial charge is 0.0195 e. The summed E-state index contributed by atoms with van der Waals surface area (Å²) >= 11 is 0. The molecule has 1 heterocycles. The summed E-state index contributed by atoms with van der Waals surface area (Å²) in [6.07, 6.45) is 3.92. The Bertz CT molecular complexity index is 148. The molecular weight excluding hydrogens is 160 g/mol. The first-order chi connectivity index (χ1) is 6.06. The lowest BCUT2D eigenvalue weighted by Crippen LogP contribution is -2.46. The first-order valence-corrected chi connectivity index (χ1v) is 5.51. The molecule has 0 unspecified atom stereocenters. The summed E-state index contributed by atoms with van der Waals surface area (Å²) in [7, 11) is 2.24. The Morgan fingerprint density at radius 2 is 2.15 bits per heavy atom. The van der Waals surface area contributed by atoms with E-state index in [0.717, 1.165) is 6.04 Å². The topological polar surface area (TPSA) is 15.3 Å². The second kappa shape index (κ2) is 4.43. The summed E-state index contributed by atoms with van der Waals surface area (Å²) < 4.78 is 0. The molecule has 0 amide bonds. The van der Waals surface area contributed by atoms with E-state index in [1.54, 1.807) is 0 Å². The van der Waals surface area contributed by atoms with Crippen LogP contribution in [-0.2, 0) is 0 Å². The van der Waals surface area contributed by atoms with Gasteiger partial charge in [0.15, 0.2) is 0 Å². The van der Waals surface area contributed by atoms with Gasteiger partial charge >= 0.3 is 0 Å². The minimum absolute atomic E-state index is 0.351. The molecule has 0 saturated carbocycles. The molecule has 13 heavy (non-hydrogen) atoms. The van der Waals surface area contributed by atoms with Crippen LogP contribution in [0.4, 0.5) is 0 Å². The van der Waals surface area contributed by atoms with E-state index in [9.17, 15) is 0 Å². The Hall–Kier alpha value is -0.0800. The molecule has 0 aliphatic carbocycles. The van der Waals surface area contributed by atoms with Crippen LogP contribution in [0.15, 0.2) is 0 Å². The Kier molecular flexibility index (Phi) is 3.74. The lowest BCUT2D eigenvalue weighted by atomic mass is 9.99. The van der Waals surface area contributed by atoms with E-state index in [4.69, 9.17) is 0 Å². The zero-order valence-electron chi connectivity index (χ0n) is 9.56. The fraction of sp³-hybridized carbons (Fsp3) is 1.00. The van der Waals surface area contributed by atoms with Crippen LogP contribution in [0.3, 0.4) is 0 Å². The number of nitrogens with zero attached hydrogens (tertiary/aromatic N) is 1. The molecule has 0 spiro atoms. The van der Waals surface area contributed by atoms with Crippen LogP contribution in [0, 0.1) is 0 Å². The van der Waals surface area contributed by atoms with Crippen LogP contribution < -0.4 is 5.32 Å². The van der Waals surface area contributed by atoms with E-state index in [1.165, 1.54) is 32.4 Å². The predicted octanol–water partition coefficient (Wildman–Crippen LogP) is 1.86. The highest BCUT2D eigenvalue weighted by molar-refractivity contribution is 4.83. The SMILES string of the molecule is CCC(C)(C)N(C)C[C@H]1CCCN1. The molecule has 1 N–H and O–H groups in total. The number of hydrogen-bond acceptors (Lipinski definition) is 2. The zero-order chi connectivity index (χ0) is 9.90. The van der Waals surface area contributed by atoms with Crippen LogP contribution in [0.2, 0.25) is 0 Å². The van der Waals surface area contributed by atoms with Gasteiger partial charge in [-0.2, -0.15) is 0 Å². The van der Waals surface area contributed by atoms with Gasteiger partial charge in [0.25, 0.3) is 0 Å². The van der Waals surface area contributed by atoms with Crippen LogP contribution in [-0.4, -0.2) is 36.6 Å². The maximum absolute atomic E-state index is 3.54. The van der Waals surface area contributed by atoms with Crippen LogP contribution in [0.25, 0.3) is 0 Å². The Labute approximate surface area is 82.7 Å². The predicted molar refractivity (Wildman–Crippen MR) is 58.0 cm³/mol. The molecule has 0 radical (unpaired) electrons. The highest BCUT2D eigenvalue weighted by Gasteiger charge is 2.24. The van der Waals surface area contributed by atoms with Crippen molar-refractivity contribution in [3.63, 3.8) is 0 Å². The minimum atomic E-state index is 0.351. The molecule has 1 aliphatic heterocycles. The van der Waals surface area contributed by atoms with Crippen molar-refractivity contribution in [1.82, 2.24) is 10.2 Å². The van der Waals surface area contributed by atoms with Gasteiger partial charge in [-0.3, -0.25) is 4.90 Å². The second-order valence-electron chi connectivity index (χ2n) is 4.84. The summed E-state index contributed by atoms with van der Waals surface area (Å²) in [4.78, 5) is 2.48. The van der Waals surface area contributed by atoms with E-state index in [-0.39, 0.29) is 0 Å². The molecule has 0 aromatic carbocycles. The van der Waals surface area contributed by atoms with Crippen LogP contribution in [0.5, 0.6) is 0 Å². The quantitative estimate of drug-likeness (QED) is 0.717. The Morgan fingerprint density at radius 3 is 2.62 bits per heavy atom. The highest BCUT2D eigenvalue weighted by Crippen LogP contribution is 2.18. The van der Waals surface area contributed by atoms with Gasteiger partial charge in [0.05, 0.1) is 0 Å². The van der Waals surface area contributed by atoms with Crippen LogP contribution in [0.1, 0.15) is 40.0 Å². The summed E-state index contributed by atoms with van der Waals surface area (Å²) in [6.45, 7) is 9.31. The lowest BCUT2D eigenvalue weighted by molar-refractivity contribution is 0.139. The average Bonchev–Trinajstić information content (AvgIpc) is 2.57. The largest absolute Gasteiger partial charge is 0.313 e. The maximum atomic E-state index is 3.54. The Balaban J connectivity index is 2.34. The molecule has 1 fully saturated rings. The Morgan fingerprint density at radius 1 is 1.46 bits per heavy atom. The van der Waals surface area contributed by atoms with Crippen molar-refractivity contribution in [2.75, 3.05) is 20.1 Å². The van der Waals surface area contributed by atoms with Gasteiger partial charge in [-0.05, 0) is 46.7 Å². The molecule has 0 aromatic heterocycles. The first kappa shape index (κ1) is 11.0. The lowest BCUT2D eigenvalue weighted by Gasteiger charge is -2.36. The van der Waals surface area contributed by atoms with Gasteiger partial charge in [0.2, 0.25) is 0 Å². The van der Waals surface area contributed by atoms with Gasteiger partial charge in [0, 0.05) is 18.1 Å². The molecular formula is C11H24N2. The fourth-order valence-corrected chi connectivity index (χ4v) is 1.76. The monoisotopic (exact) mass is 184 g/mol. The maximum Gasteiger partial charge on any atom is 0.0195 e. The van der Waals surface area contributed by atoms with Crippen molar-refractivity contribution in [3.8, 4) is 0 Å². The average molecular weight is 184 g/mol. The van der Waals surface area contributed by atoms with Crippen molar-refractivity contribution < 1.29 is 0 Å². The molecule has 1 rings (SSSR count). The fourth-order valence-electron chi connectivity index (χ4n) is 1.76. The van der Waals surface area contributed by atoms with E-state index in [2.05, 4.69) is 38.0 Å². The molecule has 78 valence electrons. The van der Waals surface area contributed by atoms with Gasteiger partial charge in [-0.1, -0.05) is 6.92 Å². The first-order valence-electron chi connectivity index (χ1n) is 5.51. The summed E-state index contributed by atoms with van der Waals surface area (Å²) in [6, 6.07) is 0.732. The molecule has 1 saturated heterocycles. The number of rotatable bonds is 4. The number of likely N-dealkylation sites (N-methyl/N-ethyl adjacent to an activating group) is 1. The third-order valence-corrected chi connectivity index (χ3v) is 3.56. The van der Waals surface area contributed by atoms with Gasteiger partial charge in [-0.15, -0.1) is 0 Å². The molecule has 1 atom stereocenters. The number of nitrogens with one attached hydrogen (secondary N) is 1. The van der Waals surface area contributed by atoms with E-state index >= 15 is 0 Å². The summed E-state index contributed by atoms with van der Waals surface area (Å²) in [5.41, 5.74) is 0.351. The van der Waals surface area contributed by atoms with Gasteiger partial charge in [-0.25, -0.2) is 0 Å². The second-order valence-corrected chi connectivity index (χ2v) is 4.84. The van der Waals surface area contributed by atoms with Crippen molar-refractivity contribution >= 4 is 0 Å². The standard InChI is InChI=1S/C11H24N2/c1-5-11(2,3)13(4)9-10-7-6-8-12-10/h10,12H,5-9H2,1-4H3/t10-/m1/s1. The number of hydrogen-bond donors (Lipinski definition) is 1.